The number of hydrogen-bond donors (Lipinski definition) is 1. The molecule has 0 aromatic carbocycles. The van der Waals surface area contributed by atoms with Gasteiger partial charge in [0.1, 0.15) is 0 Å². The van der Waals surface area contributed by atoms with Crippen LogP contribution in [-0.2, 0) is 0 Å². The molecule has 0 N–H and O–H groups in total. The second kappa shape index (κ2) is 2.97. The van der Waals surface area contributed by atoms with Crippen molar-refractivity contribution in [1.29, 1.82) is 0 Å². The second-order valence-corrected chi connectivity index (χ2v) is 1.66. The molecule has 0 radical (unpaired) electrons. The highest BCUT2D eigenvalue weighted by molar-refractivity contribution is 7.84. The summed E-state index contributed by atoms with van der Waals surface area (Å²) < 4.78 is 0. The van der Waals surface area contributed by atoms with Gasteiger partial charge >= 0.3 is 0 Å². The number of rotatable bonds is 1. The van der Waals surface area contributed by atoms with Crippen LogP contribution in [0.25, 0.3) is 0 Å². The summed E-state index contributed by atoms with van der Waals surface area (Å²) >= 11 is 3.91. The van der Waals surface area contributed by atoms with Crippen molar-refractivity contribution in [2.45, 2.75) is 6.92 Å². The van der Waals surface area contributed by atoms with E-state index in [0.29, 0.717) is 0 Å². The molecule has 0 aliphatic carbocycles. The van der Waals surface area contributed by atoms with Crippen molar-refractivity contribution >= 4 is 19.3 Å². The fraction of sp³-hybridized carbons (Fsp3) is 0.250. The molecule has 0 saturated heterocycles. The van der Waals surface area contributed by atoms with Gasteiger partial charge in [0.25, 0.3) is 0 Å². The minimum atomic E-state index is 0.880. The largest absolute Gasteiger partial charge is 0.272 e. The van der Waals surface area contributed by atoms with Crippen LogP contribution < -0.4 is 0 Å². The van der Waals surface area contributed by atoms with Crippen LogP contribution >= 0.6 is 12.6 Å². The molecular formula is C4H7NS. The first-order chi connectivity index (χ1) is 2.77. The van der Waals surface area contributed by atoms with E-state index in [1.165, 1.54) is 0 Å². The maximum Gasteiger partial charge on any atom is 0.0350 e. The summed E-state index contributed by atoms with van der Waals surface area (Å²) in [5.41, 5.74) is 0. The smallest absolute Gasteiger partial charge is 0.0350 e. The number of hydrogen-bond acceptors (Lipinski definition) is 2. The molecule has 2 heteroatoms. The molecule has 1 nitrogen and oxygen atoms in total. The first-order valence-corrected chi connectivity index (χ1v) is 2.03. The molecule has 34 valence electrons. The van der Waals surface area contributed by atoms with Crippen molar-refractivity contribution in [2.75, 3.05) is 0 Å². The van der Waals surface area contributed by atoms with Gasteiger partial charge in [0, 0.05) is 6.20 Å². The Morgan fingerprint density at radius 3 is 2.50 bits per heavy atom. The first-order valence-electron chi connectivity index (χ1n) is 1.59. The lowest BCUT2D eigenvalue weighted by Crippen LogP contribution is -1.50. The molecular weight excluding hydrogens is 94.1 g/mol. The number of allylic oxidation sites excluding steroid dienone is 1. The fourth-order valence-electron chi connectivity index (χ4n) is 0.132. The van der Waals surface area contributed by atoms with Crippen LogP contribution in [-0.4, -0.2) is 6.72 Å². The molecule has 0 aromatic heterocycles. The third kappa shape index (κ3) is 3.76. The second-order valence-electron chi connectivity index (χ2n) is 0.953. The van der Waals surface area contributed by atoms with Crippen molar-refractivity contribution in [1.82, 2.24) is 0 Å². The lowest BCUT2D eigenvalue weighted by atomic mass is 10.7. The zero-order valence-electron chi connectivity index (χ0n) is 3.68. The van der Waals surface area contributed by atoms with Crippen LogP contribution in [0.2, 0.25) is 0 Å². The molecule has 0 spiro atoms. The van der Waals surface area contributed by atoms with Gasteiger partial charge in [-0.3, -0.25) is 4.99 Å². The predicted molar refractivity (Wildman–Crippen MR) is 32.3 cm³/mol. The molecule has 6 heavy (non-hydrogen) atoms. The molecule has 0 aromatic rings. The predicted octanol–water partition coefficient (Wildman–Crippen LogP) is 1.48. The Kier molecular flexibility index (Phi) is 2.85. The summed E-state index contributed by atoms with van der Waals surface area (Å²) in [5, 5.41) is 0. The van der Waals surface area contributed by atoms with Gasteiger partial charge < -0.3 is 0 Å². The summed E-state index contributed by atoms with van der Waals surface area (Å²) in [5.74, 6) is 0. The van der Waals surface area contributed by atoms with Gasteiger partial charge in [-0.2, -0.15) is 0 Å². The van der Waals surface area contributed by atoms with E-state index in [2.05, 4.69) is 24.3 Å². The summed E-state index contributed by atoms with van der Waals surface area (Å²) in [6.45, 7) is 5.07. The van der Waals surface area contributed by atoms with E-state index in [4.69, 9.17) is 0 Å². The van der Waals surface area contributed by atoms with E-state index < -0.39 is 0 Å². The van der Waals surface area contributed by atoms with E-state index in [1.807, 2.05) is 6.92 Å². The lowest BCUT2D eigenvalue weighted by molar-refractivity contribution is 1.54. The van der Waals surface area contributed by atoms with Gasteiger partial charge in [-0.1, -0.05) is 0 Å². The van der Waals surface area contributed by atoms with Gasteiger partial charge in [0.15, 0.2) is 0 Å². The van der Waals surface area contributed by atoms with Crippen molar-refractivity contribution in [3.63, 3.8) is 0 Å². The van der Waals surface area contributed by atoms with Gasteiger partial charge in [-0.25, -0.2) is 0 Å². The van der Waals surface area contributed by atoms with E-state index in [1.54, 1.807) is 6.20 Å². The normalized spacial score (nSPS) is 11.3. The summed E-state index contributed by atoms with van der Waals surface area (Å²) in [4.78, 5) is 4.33. The molecule has 0 aliphatic heterocycles. The zero-order chi connectivity index (χ0) is 4.99. The van der Waals surface area contributed by atoms with Gasteiger partial charge in [-0.05, 0) is 18.5 Å². The van der Waals surface area contributed by atoms with E-state index >= 15 is 0 Å². The third-order valence-electron chi connectivity index (χ3n) is 0.278. The van der Waals surface area contributed by atoms with E-state index in [-0.39, 0.29) is 0 Å². The molecule has 0 fully saturated rings. The molecule has 0 saturated carbocycles. The standard InChI is InChI=1S/C4H7NS/c1-4(6)3-5-2/h3,6H,2H2,1H3/b4-3+. The van der Waals surface area contributed by atoms with Crippen molar-refractivity contribution in [3.8, 4) is 0 Å². The highest BCUT2D eigenvalue weighted by atomic mass is 32.1. The van der Waals surface area contributed by atoms with Crippen LogP contribution in [0.15, 0.2) is 16.1 Å². The van der Waals surface area contributed by atoms with E-state index in [9.17, 15) is 0 Å². The third-order valence-corrected chi connectivity index (χ3v) is 0.394. The van der Waals surface area contributed by atoms with Crippen molar-refractivity contribution in [3.05, 3.63) is 11.1 Å². The molecule has 0 amide bonds. The van der Waals surface area contributed by atoms with Crippen molar-refractivity contribution in [2.24, 2.45) is 4.99 Å². The number of thiol groups is 1. The zero-order valence-corrected chi connectivity index (χ0v) is 4.57. The molecule has 0 atom stereocenters. The van der Waals surface area contributed by atoms with Gasteiger partial charge in [0.2, 0.25) is 0 Å². The van der Waals surface area contributed by atoms with Gasteiger partial charge in [0.05, 0.1) is 0 Å². The maximum atomic E-state index is 3.91. The Morgan fingerprint density at radius 1 is 2.00 bits per heavy atom. The van der Waals surface area contributed by atoms with Crippen LogP contribution in [0, 0.1) is 0 Å². The minimum absolute atomic E-state index is 0.880. The maximum absolute atomic E-state index is 3.91. The number of aliphatic imine (C=N–C) groups is 1. The topological polar surface area (TPSA) is 12.4 Å². The van der Waals surface area contributed by atoms with Crippen LogP contribution in [0.5, 0.6) is 0 Å². The van der Waals surface area contributed by atoms with Crippen LogP contribution in [0.1, 0.15) is 6.92 Å². The van der Waals surface area contributed by atoms with E-state index in [0.717, 1.165) is 4.91 Å². The summed E-state index contributed by atoms with van der Waals surface area (Å²) in [6, 6.07) is 0. The molecule has 0 heterocycles. The quantitative estimate of drug-likeness (QED) is 0.379. The Bertz CT molecular complexity index is 71.6. The SMILES string of the molecule is C=N/C=C(\C)S. The lowest BCUT2D eigenvalue weighted by Gasteiger charge is -1.74. The fourth-order valence-corrected chi connectivity index (χ4v) is 0.214. The average Bonchev–Trinajstić information content (AvgIpc) is 1.35. The minimum Gasteiger partial charge on any atom is -0.272 e. The number of nitrogens with zero attached hydrogens (tertiary/aromatic N) is 1. The highest BCUT2D eigenvalue weighted by Gasteiger charge is 1.65. The summed E-state index contributed by atoms with van der Waals surface area (Å²) in [6.07, 6.45) is 1.59. The molecule has 0 bridgehead atoms. The first kappa shape index (κ1) is 5.76. The Balaban J connectivity index is 3.41. The van der Waals surface area contributed by atoms with Crippen molar-refractivity contribution < 1.29 is 0 Å². The highest BCUT2D eigenvalue weighted by Crippen LogP contribution is 1.94. The van der Waals surface area contributed by atoms with Crippen LogP contribution in [0.3, 0.4) is 0 Å². The molecule has 0 aliphatic rings. The monoisotopic (exact) mass is 101 g/mol. The Morgan fingerprint density at radius 2 is 2.50 bits per heavy atom. The Labute approximate surface area is 43.2 Å². The Hall–Kier alpha value is -0.240. The summed E-state index contributed by atoms with van der Waals surface area (Å²) in [7, 11) is 0. The molecule has 0 rings (SSSR count). The van der Waals surface area contributed by atoms with Gasteiger partial charge in [-0.15, -0.1) is 12.6 Å². The molecule has 0 unspecified atom stereocenters. The van der Waals surface area contributed by atoms with Crippen LogP contribution in [0.4, 0.5) is 0 Å². The average molecular weight is 101 g/mol.